The lowest BCUT2D eigenvalue weighted by molar-refractivity contribution is -0.114. The summed E-state index contributed by atoms with van der Waals surface area (Å²) < 4.78 is 14.1. The number of aromatic nitrogens is 1. The average molecular weight is 274 g/mol. The van der Waals surface area contributed by atoms with Gasteiger partial charge in [0.2, 0.25) is 5.91 Å². The number of pyridine rings is 1. The summed E-state index contributed by atoms with van der Waals surface area (Å²) in [6, 6.07) is 6.42. The summed E-state index contributed by atoms with van der Waals surface area (Å²) in [6.45, 7) is 2.92. The van der Waals surface area contributed by atoms with Crippen LogP contribution in [-0.2, 0) is 11.4 Å². The number of carbonyl (C=O) groups excluding carboxylic acids is 1. The summed E-state index contributed by atoms with van der Waals surface area (Å²) in [5, 5.41) is 11.9. The van der Waals surface area contributed by atoms with Gasteiger partial charge in [-0.05, 0) is 30.2 Å². The molecule has 1 amide bonds. The summed E-state index contributed by atoms with van der Waals surface area (Å²) in [5.41, 5.74) is 2.20. The van der Waals surface area contributed by atoms with Gasteiger partial charge in [-0.2, -0.15) is 0 Å². The summed E-state index contributed by atoms with van der Waals surface area (Å²) >= 11 is 0. The van der Waals surface area contributed by atoms with E-state index in [1.165, 1.54) is 19.2 Å². The minimum Gasteiger partial charge on any atom is -0.392 e. The quantitative estimate of drug-likeness (QED) is 0.904. The van der Waals surface area contributed by atoms with Crippen LogP contribution in [0.1, 0.15) is 18.1 Å². The molecular formula is C15H15FN2O2. The predicted molar refractivity (Wildman–Crippen MR) is 74.6 cm³/mol. The Morgan fingerprint density at radius 1 is 1.35 bits per heavy atom. The van der Waals surface area contributed by atoms with E-state index in [1.807, 2.05) is 0 Å². The summed E-state index contributed by atoms with van der Waals surface area (Å²) in [6.07, 6.45) is 1.43. The van der Waals surface area contributed by atoms with Crippen molar-refractivity contribution in [1.29, 1.82) is 0 Å². The Balaban J connectivity index is 2.55. The smallest absolute Gasteiger partial charge is 0.222 e. The van der Waals surface area contributed by atoms with Gasteiger partial charge in [0.15, 0.2) is 0 Å². The van der Waals surface area contributed by atoms with E-state index in [0.717, 1.165) is 5.56 Å². The lowest BCUT2D eigenvalue weighted by Gasteiger charge is -2.11. The number of halogens is 1. The van der Waals surface area contributed by atoms with Crippen molar-refractivity contribution in [3.05, 3.63) is 47.4 Å². The molecule has 0 bridgehead atoms. The highest BCUT2D eigenvalue weighted by Crippen LogP contribution is 2.28. The van der Waals surface area contributed by atoms with Crippen LogP contribution in [-0.4, -0.2) is 16.0 Å². The number of aliphatic hydroxyl groups excluding tert-OH is 1. The van der Waals surface area contributed by atoms with Crippen molar-refractivity contribution in [2.75, 3.05) is 5.32 Å². The molecule has 0 saturated heterocycles. The summed E-state index contributed by atoms with van der Waals surface area (Å²) in [5.74, 6) is -0.311. The van der Waals surface area contributed by atoms with Crippen LogP contribution < -0.4 is 5.32 Å². The second-order valence-corrected chi connectivity index (χ2v) is 4.55. The number of aryl methyl sites for hydroxylation is 1. The zero-order chi connectivity index (χ0) is 14.7. The monoisotopic (exact) mass is 274 g/mol. The Bertz CT molecular complexity index is 656. The number of aliphatic hydroxyl groups is 1. The molecule has 0 aliphatic heterocycles. The lowest BCUT2D eigenvalue weighted by Crippen LogP contribution is -2.08. The fraction of sp³-hybridized carbons (Fsp3) is 0.200. The first-order valence-corrected chi connectivity index (χ1v) is 6.15. The van der Waals surface area contributed by atoms with Gasteiger partial charge in [-0.3, -0.25) is 4.79 Å². The first kappa shape index (κ1) is 14.1. The number of benzene rings is 1. The highest BCUT2D eigenvalue weighted by atomic mass is 19.1. The van der Waals surface area contributed by atoms with Crippen molar-refractivity contribution in [2.24, 2.45) is 0 Å². The molecule has 0 spiro atoms. The van der Waals surface area contributed by atoms with Gasteiger partial charge < -0.3 is 10.4 Å². The van der Waals surface area contributed by atoms with Gasteiger partial charge in [0.1, 0.15) is 11.6 Å². The molecule has 1 aromatic heterocycles. The number of rotatable bonds is 3. The van der Waals surface area contributed by atoms with E-state index in [2.05, 4.69) is 10.3 Å². The van der Waals surface area contributed by atoms with Gasteiger partial charge in [-0.25, -0.2) is 9.37 Å². The number of carbonyl (C=O) groups is 1. The van der Waals surface area contributed by atoms with E-state index in [0.29, 0.717) is 22.5 Å². The maximum absolute atomic E-state index is 14.1. The molecule has 20 heavy (non-hydrogen) atoms. The molecule has 0 unspecified atom stereocenters. The highest BCUT2D eigenvalue weighted by Gasteiger charge is 2.12. The second-order valence-electron chi connectivity index (χ2n) is 4.55. The molecule has 0 aliphatic carbocycles. The topological polar surface area (TPSA) is 62.2 Å². The molecule has 2 N–H and O–H groups in total. The van der Waals surface area contributed by atoms with E-state index in [9.17, 15) is 14.3 Å². The molecule has 0 atom stereocenters. The standard InChI is InChI=1S/C15H15FN2O2/c1-9-3-4-12(14(16)5-9)13-6-15(18-10(2)20)17-7-11(13)8-19/h3-7,19H,8H2,1-2H3,(H,17,18,20). The maximum atomic E-state index is 14.1. The van der Waals surface area contributed by atoms with Crippen molar-refractivity contribution in [3.63, 3.8) is 0 Å². The van der Waals surface area contributed by atoms with E-state index in [1.54, 1.807) is 25.1 Å². The van der Waals surface area contributed by atoms with Crippen molar-refractivity contribution in [3.8, 4) is 11.1 Å². The number of nitrogens with zero attached hydrogens (tertiary/aromatic N) is 1. The van der Waals surface area contributed by atoms with Gasteiger partial charge in [0.25, 0.3) is 0 Å². The normalized spacial score (nSPS) is 10.4. The van der Waals surface area contributed by atoms with Crippen LogP contribution in [0.5, 0.6) is 0 Å². The van der Waals surface area contributed by atoms with Gasteiger partial charge >= 0.3 is 0 Å². The predicted octanol–water partition coefficient (Wildman–Crippen LogP) is 2.65. The highest BCUT2D eigenvalue weighted by molar-refractivity contribution is 5.88. The third-order valence-corrected chi connectivity index (χ3v) is 2.88. The number of nitrogens with one attached hydrogen (secondary N) is 1. The molecule has 5 heteroatoms. The zero-order valence-electron chi connectivity index (χ0n) is 11.3. The summed E-state index contributed by atoms with van der Waals surface area (Å²) in [7, 11) is 0. The SMILES string of the molecule is CC(=O)Nc1cc(-c2ccc(C)cc2F)c(CO)cn1. The molecular weight excluding hydrogens is 259 g/mol. The molecule has 0 radical (unpaired) electrons. The number of hydrogen-bond donors (Lipinski definition) is 2. The second kappa shape index (κ2) is 5.79. The van der Waals surface area contributed by atoms with Crippen LogP contribution >= 0.6 is 0 Å². The first-order valence-electron chi connectivity index (χ1n) is 6.15. The van der Waals surface area contributed by atoms with Crippen LogP contribution in [0.25, 0.3) is 11.1 Å². The molecule has 0 saturated carbocycles. The minimum atomic E-state index is -0.375. The minimum absolute atomic E-state index is 0.254. The van der Waals surface area contributed by atoms with Crippen molar-refractivity contribution < 1.29 is 14.3 Å². The van der Waals surface area contributed by atoms with Crippen LogP contribution in [0, 0.1) is 12.7 Å². The first-order chi connectivity index (χ1) is 9.51. The van der Waals surface area contributed by atoms with Crippen molar-refractivity contribution in [1.82, 2.24) is 4.98 Å². The molecule has 0 fully saturated rings. The van der Waals surface area contributed by atoms with Crippen molar-refractivity contribution in [2.45, 2.75) is 20.5 Å². The van der Waals surface area contributed by atoms with Crippen LogP contribution in [0.3, 0.4) is 0 Å². The lowest BCUT2D eigenvalue weighted by atomic mass is 10.00. The van der Waals surface area contributed by atoms with E-state index in [4.69, 9.17) is 0 Å². The fourth-order valence-electron chi connectivity index (χ4n) is 1.95. The third kappa shape index (κ3) is 3.00. The molecule has 2 rings (SSSR count). The van der Waals surface area contributed by atoms with E-state index >= 15 is 0 Å². The molecule has 1 heterocycles. The number of hydrogen-bond acceptors (Lipinski definition) is 3. The van der Waals surface area contributed by atoms with Crippen molar-refractivity contribution >= 4 is 11.7 Å². The molecule has 1 aromatic carbocycles. The van der Waals surface area contributed by atoms with Crippen LogP contribution in [0.4, 0.5) is 10.2 Å². The van der Waals surface area contributed by atoms with E-state index in [-0.39, 0.29) is 18.3 Å². The zero-order valence-corrected chi connectivity index (χ0v) is 11.3. The molecule has 4 nitrogen and oxygen atoms in total. The van der Waals surface area contributed by atoms with E-state index < -0.39 is 0 Å². The fourth-order valence-corrected chi connectivity index (χ4v) is 1.95. The Labute approximate surface area is 116 Å². The molecule has 2 aromatic rings. The average Bonchev–Trinajstić information content (AvgIpc) is 2.38. The number of amides is 1. The largest absolute Gasteiger partial charge is 0.392 e. The van der Waals surface area contributed by atoms with Gasteiger partial charge in [0, 0.05) is 24.2 Å². The van der Waals surface area contributed by atoms with Crippen LogP contribution in [0.2, 0.25) is 0 Å². The van der Waals surface area contributed by atoms with Crippen LogP contribution in [0.15, 0.2) is 30.5 Å². The Morgan fingerprint density at radius 3 is 2.70 bits per heavy atom. The van der Waals surface area contributed by atoms with Gasteiger partial charge in [-0.1, -0.05) is 12.1 Å². The Kier molecular flexibility index (Phi) is 4.10. The summed E-state index contributed by atoms with van der Waals surface area (Å²) in [4.78, 5) is 15.1. The molecule has 0 aliphatic rings. The Morgan fingerprint density at radius 2 is 2.10 bits per heavy atom. The maximum Gasteiger partial charge on any atom is 0.222 e. The van der Waals surface area contributed by atoms with Gasteiger partial charge in [-0.15, -0.1) is 0 Å². The van der Waals surface area contributed by atoms with Gasteiger partial charge in [0.05, 0.1) is 6.61 Å². The molecule has 104 valence electrons. The third-order valence-electron chi connectivity index (χ3n) is 2.88. The number of anilines is 1. The Hall–Kier alpha value is -2.27.